The topological polar surface area (TPSA) is 65.3 Å². The second-order valence-corrected chi connectivity index (χ2v) is 3.81. The second kappa shape index (κ2) is 5.16. The van der Waals surface area contributed by atoms with E-state index in [0.717, 1.165) is 0 Å². The zero-order valence-electron chi connectivity index (χ0n) is 8.04. The molecular weight excluding hydrogens is 382 g/mol. The van der Waals surface area contributed by atoms with Gasteiger partial charge in [-0.25, -0.2) is 13.8 Å². The number of hydrogen-bond donors (Lipinski definition) is 0. The zero-order chi connectivity index (χ0) is 14.1. The Bertz CT molecular complexity index is 479. The number of nitrogens with zero attached hydrogens (tertiary/aromatic N) is 2. The molecule has 0 aliphatic carbocycles. The van der Waals surface area contributed by atoms with Crippen molar-refractivity contribution < 1.29 is 31.6 Å². The lowest BCUT2D eigenvalue weighted by atomic mass is 10.2. The molecule has 0 atom stereocenters. The molecule has 0 radical (unpaired) electrons. The van der Waals surface area contributed by atoms with E-state index in [0.29, 0.717) is 0 Å². The SMILES string of the molecule is O=[N+]([O-])c1cc(OC(F)(F)F)nc(I)c1C(F)F. The normalized spacial score (nSPS) is 11.7. The fourth-order valence-electron chi connectivity index (χ4n) is 1.01. The van der Waals surface area contributed by atoms with Crippen LogP contribution in [0.5, 0.6) is 5.88 Å². The number of pyridine rings is 1. The van der Waals surface area contributed by atoms with E-state index >= 15 is 0 Å². The summed E-state index contributed by atoms with van der Waals surface area (Å²) in [4.78, 5) is 12.4. The van der Waals surface area contributed by atoms with Gasteiger partial charge in [-0.05, 0) is 22.6 Å². The molecule has 18 heavy (non-hydrogen) atoms. The van der Waals surface area contributed by atoms with Gasteiger partial charge in [-0.3, -0.25) is 10.1 Å². The van der Waals surface area contributed by atoms with Crippen LogP contribution in [0.4, 0.5) is 27.6 Å². The number of alkyl halides is 5. The first kappa shape index (κ1) is 14.8. The maximum atomic E-state index is 12.5. The minimum atomic E-state index is -5.11. The van der Waals surface area contributed by atoms with Crippen molar-refractivity contribution in [1.29, 1.82) is 0 Å². The maximum Gasteiger partial charge on any atom is 0.574 e. The number of nitro groups is 1. The summed E-state index contributed by atoms with van der Waals surface area (Å²) in [6, 6.07) is 0.206. The zero-order valence-corrected chi connectivity index (χ0v) is 10.2. The van der Waals surface area contributed by atoms with Gasteiger partial charge in [0.1, 0.15) is 9.26 Å². The average Bonchev–Trinajstić information content (AvgIpc) is 2.12. The molecule has 1 rings (SSSR count). The summed E-state index contributed by atoms with van der Waals surface area (Å²) in [6.07, 6.45) is -8.35. The highest BCUT2D eigenvalue weighted by atomic mass is 127. The summed E-state index contributed by atoms with van der Waals surface area (Å²) >= 11 is 1.17. The number of hydrogen-bond acceptors (Lipinski definition) is 4. The Morgan fingerprint density at radius 2 is 2.00 bits per heavy atom. The molecule has 0 amide bonds. The minimum Gasteiger partial charge on any atom is -0.388 e. The molecule has 1 aromatic rings. The first-order valence-corrected chi connectivity index (χ1v) is 5.08. The Labute approximate surface area is 109 Å². The second-order valence-electron chi connectivity index (χ2n) is 2.79. The van der Waals surface area contributed by atoms with E-state index in [1.807, 2.05) is 0 Å². The average molecular weight is 384 g/mol. The van der Waals surface area contributed by atoms with Gasteiger partial charge in [0.25, 0.3) is 12.1 Å². The van der Waals surface area contributed by atoms with Gasteiger partial charge in [-0.1, -0.05) is 0 Å². The summed E-state index contributed by atoms with van der Waals surface area (Å²) < 4.78 is 63.4. The van der Waals surface area contributed by atoms with Gasteiger partial charge in [-0.15, -0.1) is 13.2 Å². The Balaban J connectivity index is 3.32. The van der Waals surface area contributed by atoms with Crippen molar-refractivity contribution in [2.45, 2.75) is 12.8 Å². The highest BCUT2D eigenvalue weighted by molar-refractivity contribution is 14.1. The Morgan fingerprint density at radius 3 is 2.39 bits per heavy atom. The van der Waals surface area contributed by atoms with Gasteiger partial charge in [0.05, 0.1) is 11.0 Å². The lowest BCUT2D eigenvalue weighted by Crippen LogP contribution is -2.18. The van der Waals surface area contributed by atoms with Gasteiger partial charge in [-0.2, -0.15) is 0 Å². The van der Waals surface area contributed by atoms with Crippen molar-refractivity contribution in [1.82, 2.24) is 4.98 Å². The van der Waals surface area contributed by atoms with Crippen LogP contribution in [0.1, 0.15) is 12.0 Å². The number of rotatable bonds is 3. The van der Waals surface area contributed by atoms with Gasteiger partial charge >= 0.3 is 6.36 Å². The third-order valence-corrected chi connectivity index (χ3v) is 2.42. The summed E-state index contributed by atoms with van der Waals surface area (Å²) in [5.74, 6) is -1.16. The van der Waals surface area contributed by atoms with E-state index in [2.05, 4.69) is 9.72 Å². The molecule has 0 bridgehead atoms. The number of halogens is 6. The first-order chi connectivity index (χ1) is 8.11. The fraction of sp³-hybridized carbons (Fsp3) is 0.286. The predicted molar refractivity (Wildman–Crippen MR) is 55.2 cm³/mol. The number of ether oxygens (including phenoxy) is 1. The molecule has 1 heterocycles. The van der Waals surface area contributed by atoms with Gasteiger partial charge in [0.2, 0.25) is 5.88 Å². The lowest BCUT2D eigenvalue weighted by Gasteiger charge is -2.10. The number of aromatic nitrogens is 1. The van der Waals surface area contributed by atoms with Crippen LogP contribution >= 0.6 is 22.6 Å². The molecule has 0 N–H and O–H groups in total. The predicted octanol–water partition coefficient (Wildman–Crippen LogP) is 3.43. The van der Waals surface area contributed by atoms with Crippen LogP contribution in [0.2, 0.25) is 0 Å². The smallest absolute Gasteiger partial charge is 0.388 e. The van der Waals surface area contributed by atoms with E-state index in [9.17, 15) is 32.1 Å². The van der Waals surface area contributed by atoms with E-state index in [-0.39, 0.29) is 6.07 Å². The van der Waals surface area contributed by atoms with E-state index < -0.39 is 38.5 Å². The summed E-state index contributed by atoms with van der Waals surface area (Å²) in [7, 11) is 0. The minimum absolute atomic E-state index is 0.206. The van der Waals surface area contributed by atoms with Gasteiger partial charge < -0.3 is 4.74 Å². The standard InChI is InChI=1S/C7H2F5IN2O3/c8-5(9)4-2(15(16)17)1-3(14-6(4)13)18-7(10,11)12/h1,5H. The molecule has 0 spiro atoms. The van der Waals surface area contributed by atoms with Gasteiger partial charge in [0, 0.05) is 0 Å². The summed E-state index contributed by atoms with van der Waals surface area (Å²) in [6.45, 7) is 0. The molecular formula is C7H2F5IN2O3. The Kier molecular flexibility index (Phi) is 4.24. The molecule has 0 aliphatic rings. The fourth-order valence-corrected chi connectivity index (χ4v) is 1.76. The molecule has 0 fully saturated rings. The molecule has 0 saturated heterocycles. The quantitative estimate of drug-likeness (QED) is 0.263. The Hall–Kier alpha value is -1.27. The highest BCUT2D eigenvalue weighted by Crippen LogP contribution is 2.35. The van der Waals surface area contributed by atoms with E-state index in [1.54, 1.807) is 0 Å². The maximum absolute atomic E-state index is 12.5. The molecule has 11 heteroatoms. The van der Waals surface area contributed by atoms with Crippen molar-refractivity contribution in [3.63, 3.8) is 0 Å². The monoisotopic (exact) mass is 384 g/mol. The van der Waals surface area contributed by atoms with Crippen LogP contribution in [0.25, 0.3) is 0 Å². The van der Waals surface area contributed by atoms with E-state index in [4.69, 9.17) is 0 Å². The Morgan fingerprint density at radius 1 is 1.44 bits per heavy atom. The highest BCUT2D eigenvalue weighted by Gasteiger charge is 2.34. The van der Waals surface area contributed by atoms with Crippen molar-refractivity contribution in [2.75, 3.05) is 0 Å². The van der Waals surface area contributed by atoms with Crippen molar-refractivity contribution in [3.05, 3.63) is 25.4 Å². The molecule has 1 aromatic heterocycles. The molecule has 0 aromatic carbocycles. The molecule has 0 aliphatic heterocycles. The van der Waals surface area contributed by atoms with Crippen LogP contribution in [0, 0.1) is 13.8 Å². The van der Waals surface area contributed by atoms with Crippen LogP contribution < -0.4 is 4.74 Å². The molecule has 100 valence electrons. The first-order valence-electron chi connectivity index (χ1n) is 4.00. The third kappa shape index (κ3) is 3.61. The summed E-state index contributed by atoms with van der Waals surface area (Å²) in [5.41, 5.74) is -2.22. The van der Waals surface area contributed by atoms with Crippen LogP contribution in [0.3, 0.4) is 0 Å². The van der Waals surface area contributed by atoms with Crippen molar-refractivity contribution in [3.8, 4) is 5.88 Å². The molecule has 5 nitrogen and oxygen atoms in total. The van der Waals surface area contributed by atoms with E-state index in [1.165, 1.54) is 22.6 Å². The van der Waals surface area contributed by atoms with Crippen LogP contribution in [0.15, 0.2) is 6.07 Å². The third-order valence-electron chi connectivity index (χ3n) is 1.60. The van der Waals surface area contributed by atoms with Crippen molar-refractivity contribution in [2.24, 2.45) is 0 Å². The molecule has 0 unspecified atom stereocenters. The largest absolute Gasteiger partial charge is 0.574 e. The van der Waals surface area contributed by atoms with Crippen LogP contribution in [-0.4, -0.2) is 16.3 Å². The lowest BCUT2D eigenvalue weighted by molar-refractivity contribution is -0.386. The summed E-state index contributed by atoms with van der Waals surface area (Å²) in [5, 5.41) is 10.5. The van der Waals surface area contributed by atoms with Crippen LogP contribution in [-0.2, 0) is 0 Å². The molecule has 0 saturated carbocycles. The van der Waals surface area contributed by atoms with Crippen molar-refractivity contribution >= 4 is 28.3 Å². The van der Waals surface area contributed by atoms with Gasteiger partial charge in [0.15, 0.2) is 0 Å².